The van der Waals surface area contributed by atoms with Gasteiger partial charge in [-0.2, -0.15) is 14.0 Å². The lowest BCUT2D eigenvalue weighted by Gasteiger charge is -2.29. The molecular weight excluding hydrogens is 626 g/mol. The SMILES string of the molecule is C/C=C/CCC1CCC(c2cc(F)c(C(F)(F)Oc3ccc(-c4ccc(-c5cc(F)c(C#N)c(F)c5)c(F)c4)c(F)c3)c(F)c2)CC1. The van der Waals surface area contributed by atoms with Crippen LogP contribution in [0.15, 0.2) is 72.8 Å². The molecule has 47 heavy (non-hydrogen) atoms. The molecule has 4 aromatic carbocycles. The van der Waals surface area contributed by atoms with Gasteiger partial charge < -0.3 is 4.74 Å². The fraction of sp³-hybridized carbons (Fsp3) is 0.270. The summed E-state index contributed by atoms with van der Waals surface area (Å²) in [6.07, 6.45) is 4.71. The molecule has 0 saturated heterocycles. The molecule has 1 saturated carbocycles. The van der Waals surface area contributed by atoms with Gasteiger partial charge in [-0.05, 0) is 116 Å². The summed E-state index contributed by atoms with van der Waals surface area (Å²) in [5, 5.41) is 8.83. The predicted octanol–water partition coefficient (Wildman–Crippen LogP) is 11.5. The summed E-state index contributed by atoms with van der Waals surface area (Å²) in [7, 11) is 0. The molecule has 1 fully saturated rings. The molecule has 0 radical (unpaired) electrons. The zero-order valence-electron chi connectivity index (χ0n) is 25.2. The van der Waals surface area contributed by atoms with Gasteiger partial charge in [-0.3, -0.25) is 0 Å². The van der Waals surface area contributed by atoms with E-state index in [1.807, 2.05) is 13.0 Å². The second-order valence-electron chi connectivity index (χ2n) is 11.6. The lowest BCUT2D eigenvalue weighted by atomic mass is 9.77. The Labute approximate surface area is 266 Å². The zero-order valence-corrected chi connectivity index (χ0v) is 25.2. The molecule has 4 aromatic rings. The van der Waals surface area contributed by atoms with E-state index in [0.29, 0.717) is 30.4 Å². The highest BCUT2D eigenvalue weighted by Crippen LogP contribution is 2.41. The van der Waals surface area contributed by atoms with Gasteiger partial charge in [0.25, 0.3) is 0 Å². The quantitative estimate of drug-likeness (QED) is 0.133. The first kappa shape index (κ1) is 33.7. The topological polar surface area (TPSA) is 33.0 Å². The molecule has 0 spiro atoms. The fourth-order valence-electron chi connectivity index (χ4n) is 6.13. The minimum atomic E-state index is -4.50. The Balaban J connectivity index is 1.31. The van der Waals surface area contributed by atoms with E-state index in [2.05, 4.69) is 10.8 Å². The van der Waals surface area contributed by atoms with Crippen LogP contribution in [0.25, 0.3) is 22.3 Å². The van der Waals surface area contributed by atoms with Crippen molar-refractivity contribution in [3.8, 4) is 34.1 Å². The van der Waals surface area contributed by atoms with Crippen molar-refractivity contribution in [3.63, 3.8) is 0 Å². The molecule has 0 heterocycles. The van der Waals surface area contributed by atoms with Crippen LogP contribution in [0.5, 0.6) is 5.75 Å². The second kappa shape index (κ2) is 14.0. The molecule has 0 bridgehead atoms. The number of allylic oxidation sites excluding steroid dienone is 2. The van der Waals surface area contributed by atoms with Crippen molar-refractivity contribution in [2.24, 2.45) is 5.92 Å². The normalized spacial score (nSPS) is 16.8. The number of hydrogen-bond donors (Lipinski definition) is 0. The van der Waals surface area contributed by atoms with E-state index in [-0.39, 0.29) is 28.2 Å². The van der Waals surface area contributed by atoms with E-state index in [1.54, 1.807) is 0 Å². The van der Waals surface area contributed by atoms with Crippen LogP contribution < -0.4 is 4.74 Å². The van der Waals surface area contributed by atoms with Crippen LogP contribution >= 0.6 is 0 Å². The third-order valence-corrected chi connectivity index (χ3v) is 8.58. The van der Waals surface area contributed by atoms with Crippen molar-refractivity contribution in [3.05, 3.63) is 124 Å². The Kier molecular flexibility index (Phi) is 10.0. The first-order valence-electron chi connectivity index (χ1n) is 15.1. The fourth-order valence-corrected chi connectivity index (χ4v) is 6.13. The summed E-state index contributed by atoms with van der Waals surface area (Å²) in [5.41, 5.74) is -2.85. The molecular formula is C37H29F8NO. The van der Waals surface area contributed by atoms with Crippen molar-refractivity contribution >= 4 is 0 Å². The number of ether oxygens (including phenoxy) is 1. The molecule has 1 aliphatic carbocycles. The second-order valence-corrected chi connectivity index (χ2v) is 11.6. The minimum absolute atomic E-state index is 0.0452. The average Bonchev–Trinajstić information content (AvgIpc) is 3.00. The number of benzene rings is 4. The van der Waals surface area contributed by atoms with Gasteiger partial charge in [0.1, 0.15) is 57.8 Å². The van der Waals surface area contributed by atoms with Crippen molar-refractivity contribution in [2.75, 3.05) is 0 Å². The number of rotatable bonds is 9. The summed E-state index contributed by atoms with van der Waals surface area (Å²) in [6.45, 7) is 1.95. The van der Waals surface area contributed by atoms with Crippen LogP contribution in [0, 0.1) is 52.2 Å². The van der Waals surface area contributed by atoms with Crippen LogP contribution in [0.1, 0.15) is 68.1 Å². The third kappa shape index (κ3) is 7.35. The van der Waals surface area contributed by atoms with Gasteiger partial charge in [0.15, 0.2) is 0 Å². The molecule has 244 valence electrons. The Morgan fingerprint density at radius 2 is 1.32 bits per heavy atom. The maximum Gasteiger partial charge on any atom is 0.432 e. The first-order chi connectivity index (χ1) is 22.4. The number of nitrogens with zero attached hydrogens (tertiary/aromatic N) is 1. The van der Waals surface area contributed by atoms with E-state index in [4.69, 9.17) is 5.26 Å². The molecule has 0 atom stereocenters. The van der Waals surface area contributed by atoms with Crippen LogP contribution in [-0.4, -0.2) is 0 Å². The van der Waals surface area contributed by atoms with Crippen LogP contribution in [0.4, 0.5) is 35.1 Å². The van der Waals surface area contributed by atoms with Gasteiger partial charge >= 0.3 is 6.11 Å². The third-order valence-electron chi connectivity index (χ3n) is 8.58. The molecule has 2 nitrogen and oxygen atoms in total. The van der Waals surface area contributed by atoms with Crippen molar-refractivity contribution in [1.82, 2.24) is 0 Å². The van der Waals surface area contributed by atoms with Crippen LogP contribution in [0.2, 0.25) is 0 Å². The summed E-state index contributed by atoms with van der Waals surface area (Å²) in [6, 6.07) is 10.5. The lowest BCUT2D eigenvalue weighted by molar-refractivity contribution is -0.189. The van der Waals surface area contributed by atoms with Gasteiger partial charge in [0.2, 0.25) is 0 Å². The average molecular weight is 656 g/mol. The Bertz CT molecular complexity index is 1810. The van der Waals surface area contributed by atoms with E-state index in [9.17, 15) is 13.2 Å². The standard InChI is InChI=1S/C37H29F8NO/c1-2-3-4-5-21-6-8-22(9-7-21)24-15-34(42)36(35(43)16-24)37(44,45)47-26-11-13-27(33(41)19-26)23-10-12-28(30(38)14-23)25-17-31(39)29(20-46)32(40)18-25/h2-3,10-19,21-22H,4-9H2,1H3/b3-2+. The maximum atomic E-state index is 15.1. The highest BCUT2D eigenvalue weighted by Gasteiger charge is 2.42. The molecule has 0 aliphatic heterocycles. The van der Waals surface area contributed by atoms with Gasteiger partial charge in [0.05, 0.1) is 0 Å². The summed E-state index contributed by atoms with van der Waals surface area (Å²) in [5.74, 6) is -7.82. The molecule has 0 unspecified atom stereocenters. The van der Waals surface area contributed by atoms with Gasteiger partial charge in [-0.1, -0.05) is 24.3 Å². The maximum absolute atomic E-state index is 15.1. The largest absolute Gasteiger partial charge is 0.432 e. The Hall–Kier alpha value is -4.65. The monoisotopic (exact) mass is 655 g/mol. The summed E-state index contributed by atoms with van der Waals surface area (Å²) < 4.78 is 123. The van der Waals surface area contributed by atoms with Gasteiger partial charge in [0, 0.05) is 17.2 Å². The Morgan fingerprint density at radius 1 is 0.745 bits per heavy atom. The van der Waals surface area contributed by atoms with Crippen LogP contribution in [0.3, 0.4) is 0 Å². The van der Waals surface area contributed by atoms with Crippen molar-refractivity contribution in [1.29, 1.82) is 5.26 Å². The van der Waals surface area contributed by atoms with Crippen LogP contribution in [-0.2, 0) is 6.11 Å². The summed E-state index contributed by atoms with van der Waals surface area (Å²) in [4.78, 5) is 0. The van der Waals surface area contributed by atoms with E-state index in [0.717, 1.165) is 74.2 Å². The molecule has 10 heteroatoms. The van der Waals surface area contributed by atoms with E-state index >= 15 is 22.0 Å². The number of nitriles is 1. The number of hydrogen-bond acceptors (Lipinski definition) is 2. The van der Waals surface area contributed by atoms with Gasteiger partial charge in [-0.25, -0.2) is 26.3 Å². The summed E-state index contributed by atoms with van der Waals surface area (Å²) >= 11 is 0. The van der Waals surface area contributed by atoms with Crippen molar-refractivity contribution < 1.29 is 39.9 Å². The first-order valence-corrected chi connectivity index (χ1v) is 15.1. The molecule has 0 aromatic heterocycles. The lowest BCUT2D eigenvalue weighted by Crippen LogP contribution is -2.25. The molecule has 5 rings (SSSR count). The van der Waals surface area contributed by atoms with E-state index < -0.39 is 57.9 Å². The highest BCUT2D eigenvalue weighted by molar-refractivity contribution is 5.72. The molecule has 0 N–H and O–H groups in total. The van der Waals surface area contributed by atoms with E-state index in [1.165, 1.54) is 12.1 Å². The van der Waals surface area contributed by atoms with Crippen molar-refractivity contribution in [2.45, 2.75) is 57.5 Å². The zero-order chi connectivity index (χ0) is 33.9. The number of halogens is 8. The molecule has 0 amide bonds. The smallest absolute Gasteiger partial charge is 0.429 e. The number of alkyl halides is 2. The predicted molar refractivity (Wildman–Crippen MR) is 161 cm³/mol. The minimum Gasteiger partial charge on any atom is -0.429 e. The molecule has 1 aliphatic rings. The highest BCUT2D eigenvalue weighted by atomic mass is 19.3. The van der Waals surface area contributed by atoms with Gasteiger partial charge in [-0.15, -0.1) is 0 Å². The Morgan fingerprint density at radius 3 is 1.89 bits per heavy atom.